The summed E-state index contributed by atoms with van der Waals surface area (Å²) in [7, 11) is 0. The van der Waals surface area contributed by atoms with Crippen molar-refractivity contribution < 1.29 is 4.79 Å². The standard InChI is InChI=1S/C11H21N3O/c1-3-5-7-10(13)11(15)14(4-2)9-6-8-12/h10H,3-7,9,13H2,1-2H3. The van der Waals surface area contributed by atoms with Crippen molar-refractivity contribution in [1.29, 1.82) is 5.26 Å². The molecule has 0 aliphatic heterocycles. The Morgan fingerprint density at radius 1 is 1.53 bits per heavy atom. The lowest BCUT2D eigenvalue weighted by Gasteiger charge is -2.23. The predicted octanol–water partition coefficient (Wildman–Crippen LogP) is 1.27. The highest BCUT2D eigenvalue weighted by atomic mass is 16.2. The fourth-order valence-electron chi connectivity index (χ4n) is 1.39. The SMILES string of the molecule is CCCCC(N)C(=O)N(CC)CCC#N. The van der Waals surface area contributed by atoms with Crippen LogP contribution in [0, 0.1) is 11.3 Å². The molecule has 0 spiro atoms. The maximum Gasteiger partial charge on any atom is 0.239 e. The average Bonchev–Trinajstić information content (AvgIpc) is 2.26. The quantitative estimate of drug-likeness (QED) is 0.689. The monoisotopic (exact) mass is 211 g/mol. The van der Waals surface area contributed by atoms with Crippen molar-refractivity contribution in [1.82, 2.24) is 4.90 Å². The number of likely N-dealkylation sites (N-methyl/N-ethyl adjacent to an activating group) is 1. The Morgan fingerprint density at radius 2 is 2.20 bits per heavy atom. The maximum atomic E-state index is 11.8. The highest BCUT2D eigenvalue weighted by Crippen LogP contribution is 2.03. The lowest BCUT2D eigenvalue weighted by molar-refractivity contribution is -0.132. The second-order valence-corrected chi connectivity index (χ2v) is 3.57. The normalized spacial score (nSPS) is 11.9. The van der Waals surface area contributed by atoms with Crippen molar-refractivity contribution in [2.24, 2.45) is 5.73 Å². The van der Waals surface area contributed by atoms with Crippen LogP contribution in [0.2, 0.25) is 0 Å². The molecule has 2 N–H and O–H groups in total. The minimum Gasteiger partial charge on any atom is -0.341 e. The van der Waals surface area contributed by atoms with Gasteiger partial charge in [-0.25, -0.2) is 0 Å². The van der Waals surface area contributed by atoms with Crippen molar-refractivity contribution >= 4 is 5.91 Å². The smallest absolute Gasteiger partial charge is 0.239 e. The summed E-state index contributed by atoms with van der Waals surface area (Å²) in [5, 5.41) is 8.45. The molecule has 1 atom stereocenters. The van der Waals surface area contributed by atoms with Gasteiger partial charge in [-0.05, 0) is 13.3 Å². The lowest BCUT2D eigenvalue weighted by Crippen LogP contribution is -2.44. The molecule has 1 unspecified atom stereocenters. The van der Waals surface area contributed by atoms with E-state index in [2.05, 4.69) is 6.92 Å². The van der Waals surface area contributed by atoms with Crippen LogP contribution in [0.5, 0.6) is 0 Å². The van der Waals surface area contributed by atoms with Gasteiger partial charge in [0.15, 0.2) is 0 Å². The third-order valence-corrected chi connectivity index (χ3v) is 2.37. The summed E-state index contributed by atoms with van der Waals surface area (Å²) >= 11 is 0. The summed E-state index contributed by atoms with van der Waals surface area (Å²) in [6.07, 6.45) is 3.13. The largest absolute Gasteiger partial charge is 0.341 e. The number of hydrogen-bond acceptors (Lipinski definition) is 3. The van der Waals surface area contributed by atoms with Crippen molar-refractivity contribution in [2.45, 2.75) is 45.6 Å². The summed E-state index contributed by atoms with van der Waals surface area (Å²) in [5.41, 5.74) is 5.78. The van der Waals surface area contributed by atoms with Crippen LogP contribution >= 0.6 is 0 Å². The molecule has 0 radical (unpaired) electrons. The first-order valence-electron chi connectivity index (χ1n) is 5.58. The van der Waals surface area contributed by atoms with Crippen molar-refractivity contribution in [2.75, 3.05) is 13.1 Å². The number of nitrogens with zero attached hydrogens (tertiary/aromatic N) is 2. The van der Waals surface area contributed by atoms with Crippen molar-refractivity contribution in [3.8, 4) is 6.07 Å². The topological polar surface area (TPSA) is 70.1 Å². The maximum absolute atomic E-state index is 11.8. The highest BCUT2D eigenvalue weighted by Gasteiger charge is 2.18. The molecule has 4 nitrogen and oxygen atoms in total. The number of hydrogen-bond donors (Lipinski definition) is 1. The van der Waals surface area contributed by atoms with E-state index in [0.29, 0.717) is 19.5 Å². The zero-order valence-electron chi connectivity index (χ0n) is 9.70. The number of amides is 1. The number of nitriles is 1. The van der Waals surface area contributed by atoms with Crippen molar-refractivity contribution in [3.63, 3.8) is 0 Å². The van der Waals surface area contributed by atoms with Gasteiger partial charge in [0.25, 0.3) is 0 Å². The Kier molecular flexibility index (Phi) is 7.65. The molecule has 0 aliphatic carbocycles. The van der Waals surface area contributed by atoms with E-state index in [1.807, 2.05) is 13.0 Å². The number of carbonyl (C=O) groups is 1. The second-order valence-electron chi connectivity index (χ2n) is 3.57. The summed E-state index contributed by atoms with van der Waals surface area (Å²) in [6.45, 7) is 5.10. The summed E-state index contributed by atoms with van der Waals surface area (Å²) in [4.78, 5) is 13.4. The number of carbonyl (C=O) groups excluding carboxylic acids is 1. The summed E-state index contributed by atoms with van der Waals surface area (Å²) < 4.78 is 0. The summed E-state index contributed by atoms with van der Waals surface area (Å²) in [5.74, 6) is -0.0267. The average molecular weight is 211 g/mol. The Labute approximate surface area is 92.0 Å². The minimum atomic E-state index is -0.399. The van der Waals surface area contributed by atoms with Gasteiger partial charge >= 0.3 is 0 Å². The van der Waals surface area contributed by atoms with Gasteiger partial charge in [-0.3, -0.25) is 4.79 Å². The molecule has 0 aliphatic rings. The molecule has 1 amide bonds. The molecule has 0 saturated heterocycles. The highest BCUT2D eigenvalue weighted by molar-refractivity contribution is 5.81. The number of rotatable bonds is 7. The lowest BCUT2D eigenvalue weighted by atomic mass is 10.1. The van der Waals surface area contributed by atoms with E-state index in [1.165, 1.54) is 0 Å². The van der Waals surface area contributed by atoms with Crippen LogP contribution in [0.15, 0.2) is 0 Å². The Balaban J connectivity index is 4.07. The van der Waals surface area contributed by atoms with E-state index in [1.54, 1.807) is 4.90 Å². The van der Waals surface area contributed by atoms with Gasteiger partial charge in [0.05, 0.1) is 18.5 Å². The molecule has 0 aromatic rings. The molecule has 0 fully saturated rings. The first-order chi connectivity index (χ1) is 7.17. The van der Waals surface area contributed by atoms with Crippen molar-refractivity contribution in [3.05, 3.63) is 0 Å². The van der Waals surface area contributed by atoms with Crippen LogP contribution in [-0.2, 0) is 4.79 Å². The van der Waals surface area contributed by atoms with E-state index in [-0.39, 0.29) is 5.91 Å². The van der Waals surface area contributed by atoms with Gasteiger partial charge in [0.1, 0.15) is 0 Å². The molecule has 0 rings (SSSR count). The van der Waals surface area contributed by atoms with Gasteiger partial charge in [-0.15, -0.1) is 0 Å². The van der Waals surface area contributed by atoms with Crippen LogP contribution in [0.4, 0.5) is 0 Å². The zero-order chi connectivity index (χ0) is 11.7. The molecule has 86 valence electrons. The van der Waals surface area contributed by atoms with E-state index < -0.39 is 6.04 Å². The fraction of sp³-hybridized carbons (Fsp3) is 0.818. The van der Waals surface area contributed by atoms with E-state index in [4.69, 9.17) is 11.0 Å². The molecule has 4 heteroatoms. The van der Waals surface area contributed by atoms with Crippen LogP contribution < -0.4 is 5.73 Å². The predicted molar refractivity (Wildman–Crippen MR) is 60.0 cm³/mol. The van der Waals surface area contributed by atoms with Crippen LogP contribution in [-0.4, -0.2) is 29.9 Å². The van der Waals surface area contributed by atoms with Crippen LogP contribution in [0.3, 0.4) is 0 Å². The Morgan fingerprint density at radius 3 is 2.67 bits per heavy atom. The second kappa shape index (κ2) is 8.25. The third kappa shape index (κ3) is 5.38. The van der Waals surface area contributed by atoms with Gasteiger partial charge < -0.3 is 10.6 Å². The van der Waals surface area contributed by atoms with Gasteiger partial charge in [0.2, 0.25) is 5.91 Å². The first kappa shape index (κ1) is 13.9. The minimum absolute atomic E-state index is 0.0267. The Bertz CT molecular complexity index is 222. The van der Waals surface area contributed by atoms with E-state index >= 15 is 0 Å². The Hall–Kier alpha value is -1.08. The van der Waals surface area contributed by atoms with Crippen LogP contribution in [0.1, 0.15) is 39.5 Å². The van der Waals surface area contributed by atoms with Gasteiger partial charge in [-0.2, -0.15) is 5.26 Å². The molecule has 0 aromatic heterocycles. The van der Waals surface area contributed by atoms with E-state index in [0.717, 1.165) is 19.3 Å². The van der Waals surface area contributed by atoms with E-state index in [9.17, 15) is 4.79 Å². The van der Waals surface area contributed by atoms with Crippen LogP contribution in [0.25, 0.3) is 0 Å². The molecule has 0 heterocycles. The number of unbranched alkanes of at least 4 members (excludes halogenated alkanes) is 1. The molecule has 0 saturated carbocycles. The van der Waals surface area contributed by atoms with Gasteiger partial charge in [0, 0.05) is 13.1 Å². The molecular weight excluding hydrogens is 190 g/mol. The molecule has 0 aromatic carbocycles. The third-order valence-electron chi connectivity index (χ3n) is 2.37. The first-order valence-corrected chi connectivity index (χ1v) is 5.58. The fourth-order valence-corrected chi connectivity index (χ4v) is 1.39. The number of nitrogens with two attached hydrogens (primary N) is 1. The zero-order valence-corrected chi connectivity index (χ0v) is 9.70. The summed E-state index contributed by atoms with van der Waals surface area (Å²) in [6, 6.07) is 1.64. The molecule has 15 heavy (non-hydrogen) atoms. The molecule has 0 bridgehead atoms. The molecular formula is C11H21N3O. The van der Waals surface area contributed by atoms with Gasteiger partial charge in [-0.1, -0.05) is 19.8 Å².